The quantitative estimate of drug-likeness (QED) is 0.0903. The van der Waals surface area contributed by atoms with Crippen LogP contribution in [0.25, 0.3) is 128 Å². The van der Waals surface area contributed by atoms with Crippen LogP contribution in [0.3, 0.4) is 0 Å². The number of fused-ring (bicyclic) bond motifs is 4. The van der Waals surface area contributed by atoms with E-state index in [0.29, 0.717) is 16.9 Å². The molecule has 0 atom stereocenters. The first-order chi connectivity index (χ1) is 58.4. The van der Waals surface area contributed by atoms with E-state index in [1.54, 1.807) is 61.9 Å². The molecule has 0 aliphatic heterocycles. The molecule has 0 saturated carbocycles. The summed E-state index contributed by atoms with van der Waals surface area (Å²) < 4.78 is 260. The largest absolute Gasteiger partial charge is 0.510 e. The summed E-state index contributed by atoms with van der Waals surface area (Å²) in [7, 11) is 0. The summed E-state index contributed by atoms with van der Waals surface area (Å²) in [6.45, 7) is 24.2. The molecule has 15 aromatic rings. The smallest absolute Gasteiger partial charge is 0.268 e. The van der Waals surface area contributed by atoms with Crippen LogP contribution in [0.2, 0.25) is 0 Å². The second kappa shape index (κ2) is 26.3. The fourth-order valence-corrected chi connectivity index (χ4v) is 12.1. The van der Waals surface area contributed by atoms with Crippen LogP contribution in [-0.2, 0) is 42.7 Å². The molecule has 3 aromatic heterocycles. The normalized spacial score (nSPS) is 15.8. The van der Waals surface area contributed by atoms with Gasteiger partial charge in [-0.05, 0) is 193 Å². The van der Waals surface area contributed by atoms with Crippen molar-refractivity contribution in [3.8, 4) is 107 Å². The number of ether oxygens (including phenoxy) is 1. The van der Waals surface area contributed by atoms with Gasteiger partial charge in [-0.15, -0.1) is 29.7 Å². The van der Waals surface area contributed by atoms with Crippen LogP contribution in [0, 0.1) is 18.5 Å². The summed E-state index contributed by atoms with van der Waals surface area (Å²) in [5.41, 5.74) is -4.28. The Bertz CT molecular complexity index is 6640. The maximum Gasteiger partial charge on any atom is 0.268 e. The summed E-state index contributed by atoms with van der Waals surface area (Å²) in [6, 6.07) is 18.0. The summed E-state index contributed by atoms with van der Waals surface area (Å²) in [5.74, 6) is 1.03. The Kier molecular flexibility index (Phi) is 11.2. The van der Waals surface area contributed by atoms with Gasteiger partial charge in [-0.2, -0.15) is 18.2 Å². The van der Waals surface area contributed by atoms with Crippen molar-refractivity contribution in [1.29, 1.82) is 0 Å². The molecule has 0 fully saturated rings. The summed E-state index contributed by atoms with van der Waals surface area (Å²) >= 11 is 0. The van der Waals surface area contributed by atoms with Crippen molar-refractivity contribution in [1.82, 2.24) is 14.1 Å². The van der Waals surface area contributed by atoms with E-state index in [1.165, 1.54) is 16.7 Å². The molecular weight excluding hydrogens is 1400 g/mol. The second-order valence-electron chi connectivity index (χ2n) is 28.5. The Morgan fingerprint density at radius 2 is 0.870 bits per heavy atom. The van der Waals surface area contributed by atoms with Gasteiger partial charge in [0, 0.05) is 44.3 Å². The van der Waals surface area contributed by atoms with Gasteiger partial charge in [0.05, 0.1) is 52.4 Å². The Morgan fingerprint density at radius 1 is 0.390 bits per heavy atom. The molecule has 0 radical (unpaired) electrons. The summed E-state index contributed by atoms with van der Waals surface area (Å²) in [5, 5.41) is 1.77. The van der Waals surface area contributed by atoms with Gasteiger partial charge in [0.1, 0.15) is 5.82 Å². The van der Waals surface area contributed by atoms with E-state index in [0.717, 1.165) is 38.5 Å². The van der Waals surface area contributed by atoms with Gasteiger partial charge in [-0.25, -0.2) is 4.98 Å². The fourth-order valence-electron chi connectivity index (χ4n) is 12.1. The predicted molar refractivity (Wildman–Crippen MR) is 413 cm³/mol. The van der Waals surface area contributed by atoms with E-state index < -0.39 is 229 Å². The molecule has 3 heterocycles. The van der Waals surface area contributed by atoms with Gasteiger partial charge < -0.3 is 13.9 Å². The number of aromatic nitrogens is 4. The van der Waals surface area contributed by atoms with Crippen molar-refractivity contribution in [3.63, 3.8) is 0 Å². The van der Waals surface area contributed by atoms with Gasteiger partial charge in [0.2, 0.25) is 0 Å². The van der Waals surface area contributed by atoms with Gasteiger partial charge >= 0.3 is 0 Å². The third kappa shape index (κ3) is 13.2. The molecular formula is C94H82N4OPt-2. The van der Waals surface area contributed by atoms with Crippen LogP contribution < -0.4 is 9.30 Å². The zero-order valence-electron chi connectivity index (χ0n) is 83.1. The van der Waals surface area contributed by atoms with Gasteiger partial charge in [0.25, 0.3) is 6.33 Å². The van der Waals surface area contributed by atoms with E-state index in [2.05, 4.69) is 99.0 Å². The Hall–Kier alpha value is -10.5. The van der Waals surface area contributed by atoms with E-state index >= 15 is 0 Å². The molecule has 0 saturated heterocycles. The van der Waals surface area contributed by atoms with E-state index in [1.807, 2.05) is 59.2 Å². The maximum atomic E-state index is 10.9. The average Bonchev–Trinajstić information content (AvgIpc) is 1.01. The molecule has 100 heavy (non-hydrogen) atoms. The first kappa shape index (κ1) is 42.5. The minimum Gasteiger partial charge on any atom is -0.510 e. The van der Waals surface area contributed by atoms with Crippen LogP contribution in [0.4, 0.5) is 0 Å². The third-order valence-electron chi connectivity index (χ3n) is 17.5. The molecule has 0 spiro atoms. The number of hydrogen-bond acceptors (Lipinski definition) is 2. The number of imidazole rings is 1. The summed E-state index contributed by atoms with van der Waals surface area (Å²) in [6.07, 6.45) is 5.32. The first-order valence-electron chi connectivity index (χ1n) is 45.5. The molecule has 6 heteroatoms. The zero-order chi connectivity index (χ0) is 91.2. The number of rotatable bonds is 12. The molecule has 0 N–H and O–H groups in total. The molecule has 0 unspecified atom stereocenters. The van der Waals surface area contributed by atoms with E-state index in [4.69, 9.17) is 26.2 Å². The van der Waals surface area contributed by atoms with E-state index in [9.17, 15) is 19.2 Å². The van der Waals surface area contributed by atoms with Crippen molar-refractivity contribution >= 4 is 32.8 Å². The number of hydrogen-bond donors (Lipinski definition) is 0. The van der Waals surface area contributed by atoms with Gasteiger partial charge in [-0.1, -0.05) is 270 Å². The standard InChI is InChI=1S/C94H82N4O.Pt/c1-91(2,3)74-44-45-95-89(58-74)98-85-39-26-25-38-81(85)82-42-41-80(60-87(82)98)99-79-37-27-36-78(59-79)96-61-97(86-43-40-66(54-88(86)96)71-52-75(92(4,5)6)55-76(53-71)93(7,8)9)90-83(72-48-67(62-28-17-13-18-29-62)46-68(49-72)63-30-19-14-20-31-63)56-77(94(10,11)12)57-84(90)73-50-69(64-32-21-15-22-33-64)47-70(51-73)65-34-23-16-24-35-65;/h13-58H,1-12H3;/q-2;/i13D,14D,15D,16D,17D,18D,19D,20D,21D,22D,23D,24D,28D,29D,30D,31D,32D,33D,34D,35D,46D,47D,48D,49D,50D,51D;. The van der Waals surface area contributed by atoms with Crippen LogP contribution in [0.15, 0.2) is 279 Å². The topological polar surface area (TPSA) is 35.9 Å². The summed E-state index contributed by atoms with van der Waals surface area (Å²) in [4.78, 5) is 4.87. The Morgan fingerprint density at radius 3 is 1.38 bits per heavy atom. The molecule has 15 rings (SSSR count). The van der Waals surface area contributed by atoms with Crippen molar-refractivity contribution in [2.24, 2.45) is 0 Å². The predicted octanol–water partition coefficient (Wildman–Crippen LogP) is 24.4. The zero-order valence-corrected chi connectivity index (χ0v) is 59.3. The van der Waals surface area contributed by atoms with Crippen molar-refractivity contribution in [3.05, 3.63) is 319 Å². The van der Waals surface area contributed by atoms with Crippen LogP contribution >= 0.6 is 0 Å². The Labute approximate surface area is 640 Å². The van der Waals surface area contributed by atoms with Gasteiger partial charge in [-0.3, -0.25) is 4.57 Å². The second-order valence-corrected chi connectivity index (χ2v) is 28.5. The Balaban J connectivity index is 0.0000129. The minimum absolute atomic E-state index is 0. The molecule has 496 valence electrons. The third-order valence-corrected chi connectivity index (χ3v) is 17.5. The number of pyridine rings is 1. The molecule has 0 aliphatic carbocycles. The van der Waals surface area contributed by atoms with Crippen molar-refractivity contribution in [2.75, 3.05) is 0 Å². The number of nitrogens with zero attached hydrogens (tertiary/aromatic N) is 4. The average molecular weight is 1500 g/mol. The maximum absolute atomic E-state index is 10.9. The molecule has 12 aromatic carbocycles. The van der Waals surface area contributed by atoms with Crippen molar-refractivity contribution < 1.29 is 66.0 Å². The van der Waals surface area contributed by atoms with Crippen LogP contribution in [0.5, 0.6) is 11.5 Å². The molecule has 5 nitrogen and oxygen atoms in total. The fraction of sp³-hybridized carbons (Fsp3) is 0.170. The molecule has 0 aliphatic rings. The number of para-hydroxylation sites is 1. The molecule has 0 amide bonds. The monoisotopic (exact) mass is 1500 g/mol. The first-order valence-corrected chi connectivity index (χ1v) is 32.5. The minimum atomic E-state index is -1.20. The van der Waals surface area contributed by atoms with E-state index in [-0.39, 0.29) is 77.1 Å². The van der Waals surface area contributed by atoms with Crippen LogP contribution in [0.1, 0.15) is 141 Å². The van der Waals surface area contributed by atoms with Crippen molar-refractivity contribution in [2.45, 2.75) is 105 Å². The van der Waals surface area contributed by atoms with Crippen LogP contribution in [-0.4, -0.2) is 14.1 Å². The SMILES string of the molecule is [2H]c1c([2H])c([2H])c(-c2c([2H])c(-c3cc(C(C)(C)C)cc(-c4c([2H])c(-c5c([2H])c([2H])c([2H])c([2H])c5[2H])c([2H])c(-c5c([2H])c([2H])c([2H])c([2H])c5[2H])c4[2H])c3-[n+]3[c-]n(-c4[c-]c(Oc5[c-]c6c(cc5)c5ccccc5n6-c5cc(C(C)(C)C)ccn5)ccc4)c4cc(-c5cc(C(C)(C)C)cc(C(C)(C)C)c5)ccc43)c([2H])c(-c3c([2H])c([2H])c([2H])c([2H])c3[2H])c2[2H])c([2H])c1[2H].[Pt]. The van der Waals surface area contributed by atoms with Gasteiger partial charge in [0.15, 0.2) is 0 Å². The number of benzene rings is 12. The molecule has 0 bridgehead atoms.